The first-order valence-electron chi connectivity index (χ1n) is 10.1. The Morgan fingerprint density at radius 3 is 2.57 bits per heavy atom. The summed E-state index contributed by atoms with van der Waals surface area (Å²) >= 11 is 0. The molecule has 0 saturated carbocycles. The fraction of sp³-hybridized carbons (Fsp3) is 0.348. The SMILES string of the molecule is Cc1ccc(S(=O)(=O)N2CCc3c(c(COCc4ccccc4)nn3C)C2)c(C)c1. The van der Waals surface area contributed by atoms with Crippen molar-refractivity contribution in [2.24, 2.45) is 7.05 Å². The third kappa shape index (κ3) is 4.05. The van der Waals surface area contributed by atoms with Crippen LogP contribution in [0, 0.1) is 13.8 Å². The molecular weight excluding hydrogens is 398 g/mol. The van der Waals surface area contributed by atoms with Gasteiger partial charge in [-0.05, 0) is 31.0 Å². The molecule has 0 bridgehead atoms. The highest BCUT2D eigenvalue weighted by molar-refractivity contribution is 7.89. The van der Waals surface area contributed by atoms with Crippen LogP contribution in [0.1, 0.15) is 33.6 Å². The Kier molecular flexibility index (Phi) is 5.77. The van der Waals surface area contributed by atoms with Gasteiger partial charge in [-0.15, -0.1) is 0 Å². The van der Waals surface area contributed by atoms with Crippen LogP contribution < -0.4 is 0 Å². The fourth-order valence-corrected chi connectivity index (χ4v) is 5.65. The van der Waals surface area contributed by atoms with E-state index < -0.39 is 10.0 Å². The molecule has 0 radical (unpaired) electrons. The van der Waals surface area contributed by atoms with Crippen LogP contribution in [0.4, 0.5) is 0 Å². The van der Waals surface area contributed by atoms with Gasteiger partial charge in [-0.1, -0.05) is 48.0 Å². The number of sulfonamides is 1. The lowest BCUT2D eigenvalue weighted by Gasteiger charge is -2.27. The molecule has 2 heterocycles. The topological polar surface area (TPSA) is 64.4 Å². The second kappa shape index (κ2) is 8.34. The van der Waals surface area contributed by atoms with Crippen molar-refractivity contribution in [2.45, 2.75) is 44.9 Å². The van der Waals surface area contributed by atoms with Crippen molar-refractivity contribution in [3.05, 3.63) is 82.2 Å². The molecule has 1 aliphatic heterocycles. The first kappa shape index (κ1) is 20.8. The summed E-state index contributed by atoms with van der Waals surface area (Å²) in [6, 6.07) is 15.5. The van der Waals surface area contributed by atoms with E-state index in [9.17, 15) is 8.42 Å². The molecule has 0 amide bonds. The number of nitrogens with zero attached hydrogens (tertiary/aromatic N) is 3. The van der Waals surface area contributed by atoms with Gasteiger partial charge in [0.2, 0.25) is 10.0 Å². The summed E-state index contributed by atoms with van der Waals surface area (Å²) in [5, 5.41) is 4.61. The van der Waals surface area contributed by atoms with E-state index in [-0.39, 0.29) is 0 Å². The summed E-state index contributed by atoms with van der Waals surface area (Å²) in [5.41, 5.74) is 5.78. The van der Waals surface area contributed by atoms with Crippen molar-refractivity contribution in [3.8, 4) is 0 Å². The summed E-state index contributed by atoms with van der Waals surface area (Å²) in [4.78, 5) is 0.377. The molecule has 0 N–H and O–H groups in total. The number of aromatic nitrogens is 2. The Labute approximate surface area is 178 Å². The van der Waals surface area contributed by atoms with Crippen LogP contribution in [0.25, 0.3) is 0 Å². The van der Waals surface area contributed by atoms with Crippen molar-refractivity contribution in [2.75, 3.05) is 6.54 Å². The quantitative estimate of drug-likeness (QED) is 0.606. The summed E-state index contributed by atoms with van der Waals surface area (Å²) in [6.07, 6.45) is 0.641. The molecule has 3 aromatic rings. The average Bonchev–Trinajstić information content (AvgIpc) is 3.04. The predicted molar refractivity (Wildman–Crippen MR) is 115 cm³/mol. The van der Waals surface area contributed by atoms with Gasteiger partial charge in [-0.3, -0.25) is 4.68 Å². The van der Waals surface area contributed by atoms with E-state index in [4.69, 9.17) is 4.74 Å². The molecule has 1 aliphatic rings. The fourth-order valence-electron chi connectivity index (χ4n) is 4.03. The molecule has 158 valence electrons. The zero-order valence-corrected chi connectivity index (χ0v) is 18.4. The largest absolute Gasteiger partial charge is 0.370 e. The maximum absolute atomic E-state index is 13.3. The van der Waals surface area contributed by atoms with Gasteiger partial charge >= 0.3 is 0 Å². The molecule has 0 atom stereocenters. The lowest BCUT2D eigenvalue weighted by Crippen LogP contribution is -2.36. The third-order valence-corrected chi connectivity index (χ3v) is 7.59. The normalized spacial score (nSPS) is 14.6. The van der Waals surface area contributed by atoms with Gasteiger partial charge in [0.25, 0.3) is 0 Å². The highest BCUT2D eigenvalue weighted by Gasteiger charge is 2.32. The minimum Gasteiger partial charge on any atom is -0.370 e. The second-order valence-electron chi connectivity index (χ2n) is 7.83. The first-order chi connectivity index (χ1) is 14.4. The van der Waals surface area contributed by atoms with Crippen LogP contribution in [-0.4, -0.2) is 29.0 Å². The minimum absolute atomic E-state index is 0.322. The molecule has 30 heavy (non-hydrogen) atoms. The molecule has 1 aromatic heterocycles. The maximum Gasteiger partial charge on any atom is 0.243 e. The van der Waals surface area contributed by atoms with E-state index in [1.54, 1.807) is 10.4 Å². The standard InChI is InChI=1S/C23H27N3O3S/c1-17-9-10-23(18(2)13-17)30(27,28)26-12-11-22-20(14-26)21(24-25(22)3)16-29-15-19-7-5-4-6-8-19/h4-10,13H,11-12,14-16H2,1-3H3. The van der Waals surface area contributed by atoms with Gasteiger partial charge < -0.3 is 4.74 Å². The molecule has 4 rings (SSSR count). The molecular formula is C23H27N3O3S. The smallest absolute Gasteiger partial charge is 0.243 e. The van der Waals surface area contributed by atoms with Crippen LogP contribution in [0.5, 0.6) is 0 Å². The summed E-state index contributed by atoms with van der Waals surface area (Å²) in [6.45, 7) is 5.44. The number of fused-ring (bicyclic) bond motifs is 1. The Bertz CT molecular complexity index is 1150. The van der Waals surface area contributed by atoms with Gasteiger partial charge in [0, 0.05) is 37.8 Å². The third-order valence-electron chi connectivity index (χ3n) is 5.59. The van der Waals surface area contributed by atoms with E-state index in [0.29, 0.717) is 37.6 Å². The Morgan fingerprint density at radius 2 is 1.83 bits per heavy atom. The van der Waals surface area contributed by atoms with Crippen molar-refractivity contribution >= 4 is 10.0 Å². The summed E-state index contributed by atoms with van der Waals surface area (Å²) < 4.78 is 35.9. The molecule has 0 unspecified atom stereocenters. The van der Waals surface area contributed by atoms with E-state index in [0.717, 1.165) is 33.6 Å². The van der Waals surface area contributed by atoms with Gasteiger partial charge in [0.1, 0.15) is 0 Å². The van der Waals surface area contributed by atoms with E-state index >= 15 is 0 Å². The molecule has 2 aromatic carbocycles. The zero-order chi connectivity index (χ0) is 21.3. The van der Waals surface area contributed by atoms with Gasteiger partial charge in [-0.2, -0.15) is 9.40 Å². The van der Waals surface area contributed by atoms with Crippen LogP contribution >= 0.6 is 0 Å². The number of ether oxygens (including phenoxy) is 1. The molecule has 0 saturated heterocycles. The lowest BCUT2D eigenvalue weighted by atomic mass is 10.1. The average molecular weight is 426 g/mol. The summed E-state index contributed by atoms with van der Waals surface area (Å²) in [5.74, 6) is 0. The molecule has 0 spiro atoms. The van der Waals surface area contributed by atoms with Crippen molar-refractivity contribution in [1.82, 2.24) is 14.1 Å². The van der Waals surface area contributed by atoms with Gasteiger partial charge in [0.15, 0.2) is 0 Å². The van der Waals surface area contributed by atoms with E-state index in [1.807, 2.05) is 68.0 Å². The Hall–Kier alpha value is -2.48. The van der Waals surface area contributed by atoms with Gasteiger partial charge in [-0.25, -0.2) is 8.42 Å². The summed E-state index contributed by atoms with van der Waals surface area (Å²) in [7, 11) is -1.66. The monoisotopic (exact) mass is 425 g/mol. The molecule has 7 heteroatoms. The van der Waals surface area contributed by atoms with Crippen molar-refractivity contribution in [1.29, 1.82) is 0 Å². The van der Waals surface area contributed by atoms with Crippen LogP contribution in [0.3, 0.4) is 0 Å². The Morgan fingerprint density at radius 1 is 1.07 bits per heavy atom. The number of benzene rings is 2. The number of aryl methyl sites for hydroxylation is 3. The van der Waals surface area contributed by atoms with E-state index in [2.05, 4.69) is 5.10 Å². The molecule has 0 fully saturated rings. The number of hydrogen-bond acceptors (Lipinski definition) is 4. The second-order valence-corrected chi connectivity index (χ2v) is 9.74. The predicted octanol–water partition coefficient (Wildman–Crippen LogP) is 3.50. The van der Waals surface area contributed by atoms with Crippen molar-refractivity contribution < 1.29 is 13.2 Å². The van der Waals surface area contributed by atoms with Crippen molar-refractivity contribution in [3.63, 3.8) is 0 Å². The first-order valence-corrected chi connectivity index (χ1v) is 11.5. The number of rotatable bonds is 6. The minimum atomic E-state index is -3.57. The Balaban J connectivity index is 1.54. The maximum atomic E-state index is 13.3. The number of hydrogen-bond donors (Lipinski definition) is 0. The molecule has 0 aliphatic carbocycles. The zero-order valence-electron chi connectivity index (χ0n) is 17.6. The highest BCUT2D eigenvalue weighted by atomic mass is 32.2. The molecule has 6 nitrogen and oxygen atoms in total. The van der Waals surface area contributed by atoms with Crippen LogP contribution in [0.15, 0.2) is 53.4 Å². The lowest BCUT2D eigenvalue weighted by molar-refractivity contribution is 0.103. The van der Waals surface area contributed by atoms with Crippen LogP contribution in [0.2, 0.25) is 0 Å². The van der Waals surface area contributed by atoms with E-state index in [1.165, 1.54) is 0 Å². The highest BCUT2D eigenvalue weighted by Crippen LogP contribution is 2.29. The van der Waals surface area contributed by atoms with Crippen LogP contribution in [-0.2, 0) is 48.0 Å². The van der Waals surface area contributed by atoms with Gasteiger partial charge in [0.05, 0.1) is 23.8 Å².